The Hall–Kier alpha value is -2.85. The molecule has 2 N–H and O–H groups in total. The first-order chi connectivity index (χ1) is 15.7. The molecule has 9 nitrogen and oxygen atoms in total. The molecule has 0 saturated carbocycles. The fraction of sp³-hybridized carbons (Fsp3) is 0.500. The van der Waals surface area contributed by atoms with E-state index >= 15 is 0 Å². The molecular weight excluding hydrogens is 428 g/mol. The van der Waals surface area contributed by atoms with E-state index in [2.05, 4.69) is 26.5 Å². The van der Waals surface area contributed by atoms with E-state index in [1.807, 2.05) is 18.2 Å². The van der Waals surface area contributed by atoms with Crippen LogP contribution in [0.15, 0.2) is 24.3 Å². The number of nitrogens with one attached hydrogen (secondary N) is 2. The molecular formula is C22H28N6O3S. The van der Waals surface area contributed by atoms with Crippen molar-refractivity contribution in [2.75, 3.05) is 61.3 Å². The predicted molar refractivity (Wildman–Crippen MR) is 127 cm³/mol. The molecule has 32 heavy (non-hydrogen) atoms. The monoisotopic (exact) mass is 456 g/mol. The standard InChI is InChI=1S/C22H28N6O3S/c32-22(23-14-16-4-5-17-18(12-16)31-15-30-17)26-21-24-19(27-6-2-1-3-7-27)13-20(25-21)28-8-10-29-11-9-28/h4-5,12-13H,1-3,6-11,14-15H2,(H2,23,24,25,26,32). The number of thiocarbonyl (C=S) groups is 1. The van der Waals surface area contributed by atoms with Crippen LogP contribution in [-0.4, -0.2) is 61.3 Å². The third-order valence-electron chi connectivity index (χ3n) is 5.83. The van der Waals surface area contributed by atoms with Gasteiger partial charge in [0.25, 0.3) is 0 Å². The number of nitrogens with zero attached hydrogens (tertiary/aromatic N) is 4. The number of aromatic nitrogens is 2. The van der Waals surface area contributed by atoms with Gasteiger partial charge in [-0.15, -0.1) is 0 Å². The summed E-state index contributed by atoms with van der Waals surface area (Å²) in [6.45, 7) is 5.93. The quantitative estimate of drug-likeness (QED) is 0.655. The normalized spacial score (nSPS) is 17.9. The molecule has 4 heterocycles. The summed E-state index contributed by atoms with van der Waals surface area (Å²) in [5.41, 5.74) is 1.05. The molecule has 170 valence electrons. The number of hydrogen-bond acceptors (Lipinski definition) is 8. The molecule has 1 aromatic heterocycles. The van der Waals surface area contributed by atoms with E-state index in [1.54, 1.807) is 0 Å². The second kappa shape index (κ2) is 9.74. The Labute approximate surface area is 193 Å². The van der Waals surface area contributed by atoms with Crippen molar-refractivity contribution in [3.05, 3.63) is 29.8 Å². The lowest BCUT2D eigenvalue weighted by Crippen LogP contribution is -2.38. The molecule has 2 aromatic rings. The van der Waals surface area contributed by atoms with Crippen molar-refractivity contribution in [3.8, 4) is 11.5 Å². The number of hydrogen-bond donors (Lipinski definition) is 2. The molecule has 5 rings (SSSR count). The summed E-state index contributed by atoms with van der Waals surface area (Å²) in [6.07, 6.45) is 3.65. The van der Waals surface area contributed by atoms with E-state index in [4.69, 9.17) is 36.4 Å². The summed E-state index contributed by atoms with van der Waals surface area (Å²) in [5.74, 6) is 3.90. The molecule has 2 saturated heterocycles. The van der Waals surface area contributed by atoms with Gasteiger partial charge >= 0.3 is 0 Å². The average molecular weight is 457 g/mol. The van der Waals surface area contributed by atoms with Crippen molar-refractivity contribution in [2.45, 2.75) is 25.8 Å². The smallest absolute Gasteiger partial charge is 0.232 e. The maximum absolute atomic E-state index is 5.53. The topological polar surface area (TPSA) is 84.0 Å². The van der Waals surface area contributed by atoms with Gasteiger partial charge in [0.1, 0.15) is 11.6 Å². The number of ether oxygens (including phenoxy) is 3. The summed E-state index contributed by atoms with van der Waals surface area (Å²) < 4.78 is 16.3. The van der Waals surface area contributed by atoms with Gasteiger partial charge in [0, 0.05) is 38.8 Å². The van der Waals surface area contributed by atoms with Gasteiger partial charge in [-0.2, -0.15) is 9.97 Å². The van der Waals surface area contributed by atoms with Crippen LogP contribution in [0.1, 0.15) is 24.8 Å². The zero-order valence-electron chi connectivity index (χ0n) is 18.0. The number of piperidine rings is 1. The van der Waals surface area contributed by atoms with Gasteiger partial charge in [0.05, 0.1) is 13.2 Å². The minimum Gasteiger partial charge on any atom is -0.454 e. The lowest BCUT2D eigenvalue weighted by atomic mass is 10.1. The molecule has 0 radical (unpaired) electrons. The van der Waals surface area contributed by atoms with Crippen LogP contribution < -0.4 is 29.9 Å². The van der Waals surface area contributed by atoms with Crippen LogP contribution in [0.3, 0.4) is 0 Å². The van der Waals surface area contributed by atoms with Crippen molar-refractivity contribution in [1.29, 1.82) is 0 Å². The number of anilines is 3. The van der Waals surface area contributed by atoms with Crippen molar-refractivity contribution >= 4 is 34.9 Å². The summed E-state index contributed by atoms with van der Waals surface area (Å²) in [5, 5.41) is 6.89. The molecule has 2 fully saturated rings. The molecule has 0 amide bonds. The summed E-state index contributed by atoms with van der Waals surface area (Å²) in [6, 6.07) is 7.95. The van der Waals surface area contributed by atoms with Gasteiger partial charge in [-0.25, -0.2) is 0 Å². The highest BCUT2D eigenvalue weighted by Crippen LogP contribution is 2.32. The zero-order chi connectivity index (χ0) is 21.8. The van der Waals surface area contributed by atoms with Crippen molar-refractivity contribution < 1.29 is 14.2 Å². The first-order valence-corrected chi connectivity index (χ1v) is 11.6. The van der Waals surface area contributed by atoms with Gasteiger partial charge in [-0.05, 0) is 49.2 Å². The highest BCUT2D eigenvalue weighted by Gasteiger charge is 2.19. The summed E-state index contributed by atoms with van der Waals surface area (Å²) >= 11 is 5.53. The molecule has 10 heteroatoms. The Balaban J connectivity index is 1.28. The molecule has 0 bridgehead atoms. The molecule has 3 aliphatic rings. The lowest BCUT2D eigenvalue weighted by molar-refractivity contribution is 0.122. The van der Waals surface area contributed by atoms with Crippen LogP contribution >= 0.6 is 12.2 Å². The second-order valence-electron chi connectivity index (χ2n) is 8.05. The lowest BCUT2D eigenvalue weighted by Gasteiger charge is -2.31. The summed E-state index contributed by atoms with van der Waals surface area (Å²) in [4.78, 5) is 14.1. The maximum atomic E-state index is 5.53. The van der Waals surface area contributed by atoms with Gasteiger partial charge in [0.2, 0.25) is 12.7 Å². The summed E-state index contributed by atoms with van der Waals surface area (Å²) in [7, 11) is 0. The second-order valence-corrected chi connectivity index (χ2v) is 8.46. The van der Waals surface area contributed by atoms with Crippen molar-refractivity contribution in [2.24, 2.45) is 0 Å². The van der Waals surface area contributed by atoms with Crippen LogP contribution in [0.25, 0.3) is 0 Å². The minimum absolute atomic E-state index is 0.266. The molecule has 0 aliphatic carbocycles. The van der Waals surface area contributed by atoms with Crippen molar-refractivity contribution in [1.82, 2.24) is 15.3 Å². The molecule has 0 atom stereocenters. The Kier molecular flexibility index (Phi) is 6.40. The van der Waals surface area contributed by atoms with Crippen LogP contribution in [0.2, 0.25) is 0 Å². The zero-order valence-corrected chi connectivity index (χ0v) is 18.8. The van der Waals surface area contributed by atoms with Crippen LogP contribution in [0, 0.1) is 0 Å². The van der Waals surface area contributed by atoms with Crippen LogP contribution in [-0.2, 0) is 11.3 Å². The van der Waals surface area contributed by atoms with E-state index in [0.29, 0.717) is 30.8 Å². The average Bonchev–Trinajstić information content (AvgIpc) is 3.32. The Bertz CT molecular complexity index is 926. The highest BCUT2D eigenvalue weighted by atomic mass is 32.1. The van der Waals surface area contributed by atoms with Gasteiger partial charge < -0.3 is 34.6 Å². The number of morpholine rings is 1. The van der Waals surface area contributed by atoms with E-state index < -0.39 is 0 Å². The third-order valence-corrected chi connectivity index (χ3v) is 6.08. The van der Waals surface area contributed by atoms with Gasteiger partial charge in [0.15, 0.2) is 16.6 Å². The van der Waals surface area contributed by atoms with Gasteiger partial charge in [-0.1, -0.05) is 6.07 Å². The molecule has 0 unspecified atom stereocenters. The van der Waals surface area contributed by atoms with Crippen LogP contribution in [0.4, 0.5) is 17.6 Å². The number of rotatable bonds is 5. The highest BCUT2D eigenvalue weighted by molar-refractivity contribution is 7.80. The fourth-order valence-electron chi connectivity index (χ4n) is 4.10. The number of fused-ring (bicyclic) bond motifs is 1. The SMILES string of the molecule is S=C(NCc1ccc2c(c1)OCO2)Nc1nc(N2CCCCC2)cc(N2CCOCC2)n1. The maximum Gasteiger partial charge on any atom is 0.232 e. The largest absolute Gasteiger partial charge is 0.454 e. The molecule has 1 aromatic carbocycles. The Morgan fingerprint density at radius 2 is 1.62 bits per heavy atom. The van der Waals surface area contributed by atoms with E-state index in [-0.39, 0.29) is 6.79 Å². The van der Waals surface area contributed by atoms with Crippen LogP contribution in [0.5, 0.6) is 11.5 Å². The third kappa shape index (κ3) is 4.97. The number of benzene rings is 1. The van der Waals surface area contributed by atoms with Gasteiger partial charge in [-0.3, -0.25) is 0 Å². The predicted octanol–water partition coefficient (Wildman–Crippen LogP) is 2.52. The Morgan fingerprint density at radius 3 is 2.41 bits per heavy atom. The Morgan fingerprint density at radius 1 is 0.906 bits per heavy atom. The molecule has 3 aliphatic heterocycles. The minimum atomic E-state index is 0.266. The van der Waals surface area contributed by atoms with E-state index in [9.17, 15) is 0 Å². The van der Waals surface area contributed by atoms with Crippen molar-refractivity contribution in [3.63, 3.8) is 0 Å². The van der Waals surface area contributed by atoms with E-state index in [1.165, 1.54) is 19.3 Å². The van der Waals surface area contributed by atoms with E-state index in [0.717, 1.165) is 54.9 Å². The first-order valence-electron chi connectivity index (χ1n) is 11.1. The fourth-order valence-corrected chi connectivity index (χ4v) is 4.26. The first kappa shape index (κ1) is 21.0. The molecule has 0 spiro atoms.